The monoisotopic (exact) mass is 375 g/mol. The Labute approximate surface area is 150 Å². The van der Waals surface area contributed by atoms with Crippen molar-refractivity contribution in [2.24, 2.45) is 5.14 Å². The van der Waals surface area contributed by atoms with Gasteiger partial charge < -0.3 is 10.6 Å². The highest BCUT2D eigenvalue weighted by Gasteiger charge is 2.14. The molecule has 136 valence electrons. The van der Waals surface area contributed by atoms with Crippen molar-refractivity contribution in [3.05, 3.63) is 59.7 Å². The zero-order valence-corrected chi connectivity index (χ0v) is 14.7. The van der Waals surface area contributed by atoms with E-state index in [2.05, 4.69) is 10.6 Å². The number of hydrogen-bond donors (Lipinski definition) is 3. The second kappa shape index (κ2) is 7.89. The first-order valence-corrected chi connectivity index (χ1v) is 9.03. The number of hydrogen-bond acceptors (Lipinski definition) is 5. The molecule has 0 bridgehead atoms. The molecule has 0 spiro atoms. The van der Waals surface area contributed by atoms with E-state index in [0.717, 1.165) is 0 Å². The number of rotatable bonds is 5. The maximum atomic E-state index is 11.9. The molecule has 2 amide bonds. The van der Waals surface area contributed by atoms with E-state index in [4.69, 9.17) is 5.14 Å². The molecule has 0 aliphatic carbocycles. The van der Waals surface area contributed by atoms with Crippen LogP contribution in [0.4, 0.5) is 5.69 Å². The minimum atomic E-state index is -3.78. The summed E-state index contributed by atoms with van der Waals surface area (Å²) in [7, 11) is -3.78. The lowest BCUT2D eigenvalue weighted by Gasteiger charge is -2.08. The molecule has 0 atom stereocenters. The average molecular weight is 375 g/mol. The number of ketones is 1. The molecule has 2 aromatic carbocycles. The largest absolute Gasteiger partial charge is 0.344 e. The minimum Gasteiger partial charge on any atom is -0.344 e. The minimum absolute atomic E-state index is 0.0324. The van der Waals surface area contributed by atoms with Crippen LogP contribution in [0.25, 0.3) is 0 Å². The van der Waals surface area contributed by atoms with E-state index in [-0.39, 0.29) is 17.2 Å². The highest BCUT2D eigenvalue weighted by Crippen LogP contribution is 2.11. The highest BCUT2D eigenvalue weighted by molar-refractivity contribution is 7.89. The lowest BCUT2D eigenvalue weighted by atomic mass is 10.1. The molecule has 0 unspecified atom stereocenters. The Balaban J connectivity index is 1.94. The zero-order chi connectivity index (χ0) is 19.3. The van der Waals surface area contributed by atoms with Crippen molar-refractivity contribution >= 4 is 33.3 Å². The van der Waals surface area contributed by atoms with Gasteiger partial charge in [0.1, 0.15) is 0 Å². The number of carbonyl (C=O) groups excluding carboxylic acids is 3. The third-order valence-corrected chi connectivity index (χ3v) is 4.37. The third-order valence-electron chi connectivity index (χ3n) is 3.44. The molecule has 0 aliphatic heterocycles. The smallest absolute Gasteiger partial charge is 0.313 e. The number of Topliss-reactive ketones (excluding diaryl/α,β-unsaturated/α-hetero) is 1. The van der Waals surface area contributed by atoms with Crippen LogP contribution in [0.15, 0.2) is 53.4 Å². The summed E-state index contributed by atoms with van der Waals surface area (Å²) in [5.41, 5.74) is 1.34. The van der Waals surface area contributed by atoms with Gasteiger partial charge in [0.05, 0.1) is 4.90 Å². The van der Waals surface area contributed by atoms with E-state index in [1.165, 1.54) is 37.3 Å². The summed E-state index contributed by atoms with van der Waals surface area (Å²) in [6, 6.07) is 11.8. The van der Waals surface area contributed by atoms with E-state index < -0.39 is 21.8 Å². The van der Waals surface area contributed by atoms with Gasteiger partial charge in [0.25, 0.3) is 0 Å². The van der Waals surface area contributed by atoms with Crippen LogP contribution in [0.1, 0.15) is 22.8 Å². The Morgan fingerprint density at radius 1 is 1.00 bits per heavy atom. The van der Waals surface area contributed by atoms with E-state index in [1.54, 1.807) is 18.2 Å². The number of carbonyl (C=O) groups is 3. The first kappa shape index (κ1) is 19.3. The first-order valence-electron chi connectivity index (χ1n) is 7.49. The van der Waals surface area contributed by atoms with Crippen molar-refractivity contribution in [1.82, 2.24) is 5.32 Å². The van der Waals surface area contributed by atoms with Crippen LogP contribution in [0, 0.1) is 0 Å². The van der Waals surface area contributed by atoms with Crippen molar-refractivity contribution < 1.29 is 22.8 Å². The van der Waals surface area contributed by atoms with Crippen LogP contribution in [-0.2, 0) is 26.2 Å². The number of nitrogens with one attached hydrogen (secondary N) is 2. The van der Waals surface area contributed by atoms with Gasteiger partial charge in [-0.2, -0.15) is 0 Å². The van der Waals surface area contributed by atoms with Crippen molar-refractivity contribution in [3.63, 3.8) is 0 Å². The number of anilines is 1. The summed E-state index contributed by atoms with van der Waals surface area (Å²) in [5, 5.41) is 9.82. The molecule has 0 fully saturated rings. The van der Waals surface area contributed by atoms with Crippen molar-refractivity contribution in [2.75, 3.05) is 5.32 Å². The van der Waals surface area contributed by atoms with Crippen LogP contribution in [0.2, 0.25) is 0 Å². The highest BCUT2D eigenvalue weighted by atomic mass is 32.2. The standard InChI is InChI=1S/C17H17N3O5S/c1-11(21)13-3-2-4-14(9-13)20-17(23)16(22)19-10-12-5-7-15(8-6-12)26(18,24)25/h2-9H,10H2,1H3,(H,19,22)(H,20,23)(H2,18,24,25). The van der Waals surface area contributed by atoms with Crippen LogP contribution >= 0.6 is 0 Å². The molecule has 0 aromatic heterocycles. The molecule has 4 N–H and O–H groups in total. The fraction of sp³-hybridized carbons (Fsp3) is 0.118. The second-order valence-electron chi connectivity index (χ2n) is 5.46. The number of nitrogens with two attached hydrogens (primary N) is 1. The van der Waals surface area contributed by atoms with Gasteiger partial charge in [-0.05, 0) is 36.8 Å². The van der Waals surface area contributed by atoms with Crippen LogP contribution in [0.5, 0.6) is 0 Å². The van der Waals surface area contributed by atoms with Gasteiger partial charge in [-0.1, -0.05) is 24.3 Å². The molecular weight excluding hydrogens is 358 g/mol. The second-order valence-corrected chi connectivity index (χ2v) is 7.02. The Bertz CT molecular complexity index is 953. The number of benzene rings is 2. The average Bonchev–Trinajstić information content (AvgIpc) is 2.59. The number of primary sulfonamides is 1. The van der Waals surface area contributed by atoms with Crippen LogP contribution < -0.4 is 15.8 Å². The Hall–Kier alpha value is -3.04. The summed E-state index contributed by atoms with van der Waals surface area (Å²) < 4.78 is 22.3. The fourth-order valence-corrected chi connectivity index (χ4v) is 2.58. The van der Waals surface area contributed by atoms with Gasteiger partial charge in [0.2, 0.25) is 10.0 Å². The Morgan fingerprint density at radius 2 is 1.65 bits per heavy atom. The molecule has 0 aliphatic rings. The topological polar surface area (TPSA) is 135 Å². The molecule has 0 radical (unpaired) electrons. The molecule has 26 heavy (non-hydrogen) atoms. The summed E-state index contributed by atoms with van der Waals surface area (Å²) >= 11 is 0. The van der Waals surface area contributed by atoms with Crippen molar-refractivity contribution in [3.8, 4) is 0 Å². The van der Waals surface area contributed by atoms with Gasteiger partial charge in [-0.15, -0.1) is 0 Å². The number of amides is 2. The molecule has 0 saturated heterocycles. The third kappa shape index (κ3) is 5.23. The summed E-state index contributed by atoms with van der Waals surface area (Å²) in [4.78, 5) is 35.0. The molecular formula is C17H17N3O5S. The molecule has 2 rings (SSSR count). The van der Waals surface area contributed by atoms with E-state index in [1.807, 2.05) is 0 Å². The fourth-order valence-electron chi connectivity index (χ4n) is 2.06. The lowest BCUT2D eigenvalue weighted by Crippen LogP contribution is -2.35. The predicted octanol–water partition coefficient (Wildman–Crippen LogP) is 0.791. The molecule has 2 aromatic rings. The SMILES string of the molecule is CC(=O)c1cccc(NC(=O)C(=O)NCc2ccc(S(N)(=O)=O)cc2)c1. The quantitative estimate of drug-likeness (QED) is 0.524. The van der Waals surface area contributed by atoms with Crippen LogP contribution in [-0.4, -0.2) is 26.0 Å². The Kier molecular flexibility index (Phi) is 5.86. The summed E-state index contributed by atoms with van der Waals surface area (Å²) in [6.07, 6.45) is 0. The van der Waals surface area contributed by atoms with Gasteiger partial charge in [0.15, 0.2) is 5.78 Å². The van der Waals surface area contributed by atoms with Gasteiger partial charge >= 0.3 is 11.8 Å². The molecule has 0 heterocycles. The Morgan fingerprint density at radius 3 is 2.23 bits per heavy atom. The van der Waals surface area contributed by atoms with Crippen LogP contribution in [0.3, 0.4) is 0 Å². The van der Waals surface area contributed by atoms with Gasteiger partial charge in [-0.25, -0.2) is 13.6 Å². The van der Waals surface area contributed by atoms with E-state index in [9.17, 15) is 22.8 Å². The summed E-state index contributed by atoms with van der Waals surface area (Å²) in [6.45, 7) is 1.43. The molecule has 8 nitrogen and oxygen atoms in total. The predicted molar refractivity (Wildman–Crippen MR) is 94.7 cm³/mol. The van der Waals surface area contributed by atoms with E-state index >= 15 is 0 Å². The van der Waals surface area contributed by atoms with Crippen molar-refractivity contribution in [1.29, 1.82) is 0 Å². The van der Waals surface area contributed by atoms with Gasteiger partial charge in [-0.3, -0.25) is 14.4 Å². The maximum absolute atomic E-state index is 11.9. The maximum Gasteiger partial charge on any atom is 0.313 e. The first-order chi connectivity index (χ1) is 12.2. The summed E-state index contributed by atoms with van der Waals surface area (Å²) in [5.74, 6) is -1.91. The number of sulfonamides is 1. The van der Waals surface area contributed by atoms with E-state index in [0.29, 0.717) is 16.8 Å². The lowest BCUT2D eigenvalue weighted by molar-refractivity contribution is -0.136. The molecule has 0 saturated carbocycles. The van der Waals surface area contributed by atoms with Gasteiger partial charge in [0, 0.05) is 17.8 Å². The zero-order valence-electron chi connectivity index (χ0n) is 13.9. The normalized spacial score (nSPS) is 10.8. The van der Waals surface area contributed by atoms with Crippen molar-refractivity contribution in [2.45, 2.75) is 18.4 Å². The molecule has 9 heteroatoms.